The average molecular weight is 350 g/mol. The fourth-order valence-corrected chi connectivity index (χ4v) is 2.89. The van der Waals surface area contributed by atoms with Crippen molar-refractivity contribution < 1.29 is 9.59 Å². The molecular formula is C20H22N4O2. The monoisotopic (exact) mass is 350 g/mol. The number of nitrogens with one attached hydrogen (secondary N) is 1. The van der Waals surface area contributed by atoms with E-state index in [1.165, 1.54) is 0 Å². The number of rotatable bonds is 6. The summed E-state index contributed by atoms with van der Waals surface area (Å²) in [7, 11) is 0. The largest absolute Gasteiger partial charge is 0.339 e. The Labute approximate surface area is 152 Å². The van der Waals surface area contributed by atoms with Crippen LogP contribution in [0.3, 0.4) is 0 Å². The molecule has 6 heteroatoms. The van der Waals surface area contributed by atoms with Crippen molar-refractivity contribution in [1.82, 2.24) is 14.3 Å². The minimum Gasteiger partial charge on any atom is -0.339 e. The van der Waals surface area contributed by atoms with E-state index in [4.69, 9.17) is 0 Å². The molecule has 1 aromatic carbocycles. The lowest BCUT2D eigenvalue weighted by atomic mass is 10.1. The van der Waals surface area contributed by atoms with Crippen LogP contribution in [0.1, 0.15) is 29.9 Å². The quantitative estimate of drug-likeness (QED) is 0.743. The molecule has 2 amide bonds. The molecule has 26 heavy (non-hydrogen) atoms. The predicted octanol–water partition coefficient (Wildman–Crippen LogP) is 3.00. The van der Waals surface area contributed by atoms with Crippen LogP contribution in [0.15, 0.2) is 54.9 Å². The van der Waals surface area contributed by atoms with E-state index in [9.17, 15) is 9.59 Å². The van der Waals surface area contributed by atoms with Crippen LogP contribution >= 0.6 is 0 Å². The van der Waals surface area contributed by atoms with Crippen molar-refractivity contribution in [3.8, 4) is 0 Å². The minimum absolute atomic E-state index is 0.0846. The molecule has 0 aliphatic carbocycles. The first-order valence-electron chi connectivity index (χ1n) is 8.73. The maximum atomic E-state index is 12.6. The molecule has 0 unspecified atom stereocenters. The third-order valence-corrected chi connectivity index (χ3v) is 4.24. The van der Waals surface area contributed by atoms with E-state index >= 15 is 0 Å². The summed E-state index contributed by atoms with van der Waals surface area (Å²) < 4.78 is 1.88. The maximum absolute atomic E-state index is 12.6. The van der Waals surface area contributed by atoms with Crippen molar-refractivity contribution in [2.24, 2.45) is 0 Å². The van der Waals surface area contributed by atoms with Gasteiger partial charge in [0.1, 0.15) is 5.65 Å². The molecule has 0 saturated heterocycles. The second-order valence-corrected chi connectivity index (χ2v) is 5.95. The summed E-state index contributed by atoms with van der Waals surface area (Å²) in [5, 5.41) is 2.85. The van der Waals surface area contributed by atoms with Gasteiger partial charge < -0.3 is 14.6 Å². The second-order valence-electron chi connectivity index (χ2n) is 5.95. The zero-order valence-corrected chi connectivity index (χ0v) is 15.0. The molecule has 0 bridgehead atoms. The van der Waals surface area contributed by atoms with Gasteiger partial charge in [-0.1, -0.05) is 18.2 Å². The standard InChI is InChI=1S/C20H22N4O2/c1-3-23(4-2)20(26)16-9-5-6-10-17(16)22-19(25)13-15-14-24-12-8-7-11-18(24)21-15/h5-12,14H,3-4,13H2,1-2H3,(H,22,25). The summed E-state index contributed by atoms with van der Waals surface area (Å²) >= 11 is 0. The lowest BCUT2D eigenvalue weighted by Gasteiger charge is -2.20. The molecule has 3 rings (SSSR count). The molecule has 3 aromatic rings. The van der Waals surface area contributed by atoms with Crippen LogP contribution < -0.4 is 5.32 Å². The Kier molecular flexibility index (Phi) is 5.31. The number of aromatic nitrogens is 2. The van der Waals surface area contributed by atoms with Gasteiger partial charge in [0.2, 0.25) is 5.91 Å². The van der Waals surface area contributed by atoms with Gasteiger partial charge in [-0.15, -0.1) is 0 Å². The number of benzene rings is 1. The van der Waals surface area contributed by atoms with E-state index < -0.39 is 0 Å². The Balaban J connectivity index is 1.76. The van der Waals surface area contributed by atoms with Crippen LogP contribution in [-0.4, -0.2) is 39.2 Å². The number of carbonyl (C=O) groups excluding carboxylic acids is 2. The fraction of sp³-hybridized carbons (Fsp3) is 0.250. The van der Waals surface area contributed by atoms with Gasteiger partial charge in [-0.3, -0.25) is 9.59 Å². The highest BCUT2D eigenvalue weighted by Crippen LogP contribution is 2.18. The molecule has 0 aliphatic heterocycles. The van der Waals surface area contributed by atoms with E-state index in [1.807, 2.05) is 48.8 Å². The van der Waals surface area contributed by atoms with E-state index in [0.717, 1.165) is 5.65 Å². The number of amides is 2. The number of fused-ring (bicyclic) bond motifs is 1. The van der Waals surface area contributed by atoms with Crippen molar-refractivity contribution in [2.75, 3.05) is 18.4 Å². The lowest BCUT2D eigenvalue weighted by Crippen LogP contribution is -2.31. The molecule has 0 spiro atoms. The maximum Gasteiger partial charge on any atom is 0.255 e. The highest BCUT2D eigenvalue weighted by molar-refractivity contribution is 6.04. The number of para-hydroxylation sites is 1. The summed E-state index contributed by atoms with van der Waals surface area (Å²) in [5.74, 6) is -0.285. The summed E-state index contributed by atoms with van der Waals surface area (Å²) in [6.07, 6.45) is 3.87. The van der Waals surface area contributed by atoms with Gasteiger partial charge in [0, 0.05) is 25.5 Å². The van der Waals surface area contributed by atoms with Gasteiger partial charge in [0.15, 0.2) is 0 Å². The number of pyridine rings is 1. The molecule has 1 N–H and O–H groups in total. The smallest absolute Gasteiger partial charge is 0.255 e. The number of anilines is 1. The molecule has 0 fully saturated rings. The average Bonchev–Trinajstić information content (AvgIpc) is 3.05. The Morgan fingerprint density at radius 3 is 2.54 bits per heavy atom. The second kappa shape index (κ2) is 7.82. The SMILES string of the molecule is CCN(CC)C(=O)c1ccccc1NC(=O)Cc1cn2ccccc2n1. The topological polar surface area (TPSA) is 66.7 Å². The predicted molar refractivity (Wildman–Crippen MR) is 101 cm³/mol. The zero-order valence-electron chi connectivity index (χ0n) is 15.0. The van der Waals surface area contributed by atoms with E-state index in [0.29, 0.717) is 30.0 Å². The summed E-state index contributed by atoms with van der Waals surface area (Å²) in [4.78, 5) is 31.3. The van der Waals surface area contributed by atoms with E-state index in [2.05, 4.69) is 10.3 Å². The third-order valence-electron chi connectivity index (χ3n) is 4.24. The summed E-state index contributed by atoms with van der Waals surface area (Å²) in [6.45, 7) is 5.12. The fourth-order valence-electron chi connectivity index (χ4n) is 2.89. The lowest BCUT2D eigenvalue weighted by molar-refractivity contribution is -0.115. The molecule has 0 aliphatic rings. The molecule has 0 saturated carbocycles. The number of hydrogen-bond acceptors (Lipinski definition) is 3. The van der Waals surface area contributed by atoms with Gasteiger partial charge in [0.05, 0.1) is 23.4 Å². The summed E-state index contributed by atoms with van der Waals surface area (Å²) in [5.41, 5.74) is 2.51. The van der Waals surface area contributed by atoms with E-state index in [1.54, 1.807) is 29.2 Å². The van der Waals surface area contributed by atoms with Gasteiger partial charge >= 0.3 is 0 Å². The molecule has 2 aromatic heterocycles. The highest BCUT2D eigenvalue weighted by Gasteiger charge is 2.17. The number of carbonyl (C=O) groups is 2. The van der Waals surface area contributed by atoms with E-state index in [-0.39, 0.29) is 18.2 Å². The van der Waals surface area contributed by atoms with Gasteiger partial charge in [-0.25, -0.2) is 4.98 Å². The van der Waals surface area contributed by atoms with Gasteiger partial charge in [-0.05, 0) is 38.1 Å². The normalized spacial score (nSPS) is 10.7. The van der Waals surface area contributed by atoms with Crippen LogP contribution in [0.25, 0.3) is 5.65 Å². The van der Waals surface area contributed by atoms with Crippen molar-refractivity contribution in [3.05, 3.63) is 66.1 Å². The number of hydrogen-bond donors (Lipinski definition) is 1. The van der Waals surface area contributed by atoms with Crippen molar-refractivity contribution >= 4 is 23.1 Å². The molecular weight excluding hydrogens is 328 g/mol. The van der Waals surface area contributed by atoms with Crippen LogP contribution in [0.4, 0.5) is 5.69 Å². The molecule has 0 atom stereocenters. The van der Waals surface area contributed by atoms with Crippen LogP contribution in [0.2, 0.25) is 0 Å². The van der Waals surface area contributed by atoms with Crippen LogP contribution in [0, 0.1) is 0 Å². The Hall–Kier alpha value is -3.15. The van der Waals surface area contributed by atoms with Crippen LogP contribution in [-0.2, 0) is 11.2 Å². The van der Waals surface area contributed by atoms with Crippen LogP contribution in [0.5, 0.6) is 0 Å². The highest BCUT2D eigenvalue weighted by atomic mass is 16.2. The van der Waals surface area contributed by atoms with Crippen molar-refractivity contribution in [1.29, 1.82) is 0 Å². The van der Waals surface area contributed by atoms with Crippen molar-refractivity contribution in [2.45, 2.75) is 20.3 Å². The molecule has 2 heterocycles. The first kappa shape index (κ1) is 17.7. The first-order valence-corrected chi connectivity index (χ1v) is 8.73. The Morgan fingerprint density at radius 2 is 1.81 bits per heavy atom. The Morgan fingerprint density at radius 1 is 1.08 bits per heavy atom. The van der Waals surface area contributed by atoms with Crippen molar-refractivity contribution in [3.63, 3.8) is 0 Å². The zero-order chi connectivity index (χ0) is 18.5. The third kappa shape index (κ3) is 3.74. The summed E-state index contributed by atoms with van der Waals surface area (Å²) in [6, 6.07) is 12.8. The van der Waals surface area contributed by atoms with Gasteiger partial charge in [-0.2, -0.15) is 0 Å². The first-order chi connectivity index (χ1) is 12.6. The molecule has 134 valence electrons. The number of nitrogens with zero attached hydrogens (tertiary/aromatic N) is 3. The number of imidazole rings is 1. The molecule has 6 nitrogen and oxygen atoms in total. The Bertz CT molecular complexity index is 895. The molecule has 0 radical (unpaired) electrons. The minimum atomic E-state index is -0.201. The van der Waals surface area contributed by atoms with Gasteiger partial charge in [0.25, 0.3) is 5.91 Å².